The number of nitrogens with two attached hydrogens (primary N) is 1. The van der Waals surface area contributed by atoms with Gasteiger partial charge in [0.25, 0.3) is 11.8 Å². The quantitative estimate of drug-likeness (QED) is 0.840. The van der Waals surface area contributed by atoms with Crippen molar-refractivity contribution in [2.45, 2.75) is 19.3 Å². The number of aryl methyl sites for hydroxylation is 1. The van der Waals surface area contributed by atoms with Gasteiger partial charge in [0, 0.05) is 4.88 Å². The van der Waals surface area contributed by atoms with Crippen LogP contribution in [0.1, 0.15) is 27.2 Å². The molecule has 1 aromatic heterocycles. The Balaban J connectivity index is 1.64. The van der Waals surface area contributed by atoms with Crippen molar-refractivity contribution in [2.75, 3.05) is 19.0 Å². The maximum Gasteiger partial charge on any atom is 0.262 e. The number of anilines is 1. The number of hydrogen-bond acceptors (Lipinski definition) is 5. The number of fused-ring (bicyclic) bond motifs is 1. The monoisotopic (exact) mass is 346 g/mol. The van der Waals surface area contributed by atoms with Crippen LogP contribution in [0.2, 0.25) is 0 Å². The Kier molecular flexibility index (Phi) is 4.71. The van der Waals surface area contributed by atoms with E-state index in [4.69, 9.17) is 15.2 Å². The Hall–Kier alpha value is -2.54. The van der Waals surface area contributed by atoms with Crippen molar-refractivity contribution in [1.29, 1.82) is 0 Å². The summed E-state index contributed by atoms with van der Waals surface area (Å²) in [6.07, 6.45) is 2.79. The zero-order chi connectivity index (χ0) is 17.1. The van der Waals surface area contributed by atoms with Gasteiger partial charge in [-0.05, 0) is 49.1 Å². The van der Waals surface area contributed by atoms with Crippen LogP contribution in [0.15, 0.2) is 24.3 Å². The molecule has 6 nitrogen and oxygen atoms in total. The van der Waals surface area contributed by atoms with Crippen LogP contribution in [-0.2, 0) is 17.6 Å². The van der Waals surface area contributed by atoms with E-state index in [1.165, 1.54) is 11.3 Å². The summed E-state index contributed by atoms with van der Waals surface area (Å²) >= 11 is 1.43. The van der Waals surface area contributed by atoms with Gasteiger partial charge in [0.2, 0.25) is 0 Å². The second kappa shape index (κ2) is 6.92. The van der Waals surface area contributed by atoms with Crippen molar-refractivity contribution in [2.24, 2.45) is 5.73 Å². The third-order valence-electron chi connectivity index (χ3n) is 3.85. The van der Waals surface area contributed by atoms with E-state index in [2.05, 4.69) is 5.32 Å². The molecule has 1 aromatic carbocycles. The average Bonchev–Trinajstić information content (AvgIpc) is 3.13. The van der Waals surface area contributed by atoms with Gasteiger partial charge in [-0.1, -0.05) is 0 Å². The van der Waals surface area contributed by atoms with Crippen LogP contribution in [-0.4, -0.2) is 25.5 Å². The molecule has 1 aliphatic rings. The van der Waals surface area contributed by atoms with E-state index in [0.717, 1.165) is 29.7 Å². The van der Waals surface area contributed by atoms with Gasteiger partial charge in [0.15, 0.2) is 6.61 Å². The molecular formula is C17H18N2O4S. The minimum absolute atomic E-state index is 0.146. The second-order valence-corrected chi connectivity index (χ2v) is 6.54. The maximum atomic E-state index is 12.1. The van der Waals surface area contributed by atoms with Crippen LogP contribution in [0.3, 0.4) is 0 Å². The van der Waals surface area contributed by atoms with Crippen molar-refractivity contribution in [3.8, 4) is 11.5 Å². The van der Waals surface area contributed by atoms with E-state index in [0.29, 0.717) is 22.1 Å². The lowest BCUT2D eigenvalue weighted by molar-refractivity contribution is -0.118. The zero-order valence-corrected chi connectivity index (χ0v) is 14.1. The molecule has 0 unspecified atom stereocenters. The summed E-state index contributed by atoms with van der Waals surface area (Å²) < 4.78 is 10.5. The molecule has 0 aliphatic heterocycles. The third-order valence-corrected chi connectivity index (χ3v) is 5.06. The van der Waals surface area contributed by atoms with Gasteiger partial charge in [-0.3, -0.25) is 9.59 Å². The number of amides is 2. The van der Waals surface area contributed by atoms with Gasteiger partial charge in [-0.2, -0.15) is 0 Å². The molecule has 0 saturated heterocycles. The molecule has 24 heavy (non-hydrogen) atoms. The molecular weight excluding hydrogens is 328 g/mol. The number of ether oxygens (including phenoxy) is 2. The van der Waals surface area contributed by atoms with Crippen molar-refractivity contribution in [3.63, 3.8) is 0 Å². The maximum absolute atomic E-state index is 12.1. The first kappa shape index (κ1) is 16.3. The fraction of sp³-hybridized carbons (Fsp3) is 0.294. The summed E-state index contributed by atoms with van der Waals surface area (Å²) in [6, 6.07) is 6.95. The SMILES string of the molecule is COc1ccc(OCC(=O)Nc2sc3c(c2C(N)=O)CCC3)cc1. The predicted molar refractivity (Wildman–Crippen MR) is 92.0 cm³/mol. The molecule has 3 rings (SSSR count). The van der Waals surface area contributed by atoms with Crippen molar-refractivity contribution < 1.29 is 19.1 Å². The minimum atomic E-state index is -0.499. The predicted octanol–water partition coefficient (Wildman–Crippen LogP) is 2.36. The van der Waals surface area contributed by atoms with E-state index < -0.39 is 5.91 Å². The largest absolute Gasteiger partial charge is 0.497 e. The van der Waals surface area contributed by atoms with Crippen molar-refractivity contribution >= 4 is 28.2 Å². The summed E-state index contributed by atoms with van der Waals surface area (Å²) in [7, 11) is 1.58. The summed E-state index contributed by atoms with van der Waals surface area (Å²) in [5.74, 6) is 0.453. The molecule has 2 amide bonds. The molecule has 126 valence electrons. The fourth-order valence-electron chi connectivity index (χ4n) is 2.74. The number of thiophene rings is 1. The molecule has 0 spiro atoms. The van der Waals surface area contributed by atoms with E-state index in [-0.39, 0.29) is 12.5 Å². The van der Waals surface area contributed by atoms with Crippen LogP contribution in [0, 0.1) is 0 Å². The fourth-order valence-corrected chi connectivity index (χ4v) is 4.05. The number of benzene rings is 1. The van der Waals surface area contributed by atoms with Gasteiger partial charge in [0.05, 0.1) is 12.7 Å². The molecule has 0 fully saturated rings. The van der Waals surface area contributed by atoms with Gasteiger partial charge >= 0.3 is 0 Å². The van der Waals surface area contributed by atoms with E-state index in [1.807, 2.05) is 0 Å². The Labute approximate surface area is 143 Å². The average molecular weight is 346 g/mol. The second-order valence-electron chi connectivity index (χ2n) is 5.44. The number of rotatable bonds is 6. The first-order valence-electron chi connectivity index (χ1n) is 7.59. The Morgan fingerprint density at radius 2 is 1.92 bits per heavy atom. The standard InChI is InChI=1S/C17H18N2O4S/c1-22-10-5-7-11(8-6-10)23-9-14(20)19-17-15(16(18)21)12-3-2-4-13(12)24-17/h5-8H,2-4,9H2,1H3,(H2,18,21)(H,19,20). The highest BCUT2D eigenvalue weighted by molar-refractivity contribution is 7.17. The number of primary amides is 1. The summed E-state index contributed by atoms with van der Waals surface area (Å²) in [4.78, 5) is 24.9. The lowest BCUT2D eigenvalue weighted by Crippen LogP contribution is -2.22. The summed E-state index contributed by atoms with van der Waals surface area (Å²) in [6.45, 7) is -0.146. The van der Waals surface area contributed by atoms with Crippen LogP contribution >= 0.6 is 11.3 Å². The lowest BCUT2D eigenvalue weighted by Gasteiger charge is -2.08. The van der Waals surface area contributed by atoms with Gasteiger partial charge < -0.3 is 20.5 Å². The van der Waals surface area contributed by atoms with Crippen LogP contribution in [0.5, 0.6) is 11.5 Å². The number of carbonyl (C=O) groups is 2. The number of methoxy groups -OCH3 is 1. The van der Waals surface area contributed by atoms with E-state index in [1.54, 1.807) is 31.4 Å². The Bertz CT molecular complexity index is 768. The molecule has 3 N–H and O–H groups in total. The first-order chi connectivity index (χ1) is 11.6. The van der Waals surface area contributed by atoms with Gasteiger partial charge in [-0.25, -0.2) is 0 Å². The van der Waals surface area contributed by atoms with E-state index >= 15 is 0 Å². The molecule has 0 atom stereocenters. The normalized spacial score (nSPS) is 12.5. The number of hydrogen-bond donors (Lipinski definition) is 2. The highest BCUT2D eigenvalue weighted by atomic mass is 32.1. The smallest absolute Gasteiger partial charge is 0.262 e. The molecule has 1 aliphatic carbocycles. The first-order valence-corrected chi connectivity index (χ1v) is 8.41. The summed E-state index contributed by atoms with van der Waals surface area (Å²) in [5.41, 5.74) is 6.91. The molecule has 1 heterocycles. The van der Waals surface area contributed by atoms with Crippen LogP contribution in [0.4, 0.5) is 5.00 Å². The van der Waals surface area contributed by atoms with Crippen molar-refractivity contribution in [3.05, 3.63) is 40.3 Å². The molecule has 0 bridgehead atoms. The minimum Gasteiger partial charge on any atom is -0.497 e. The van der Waals surface area contributed by atoms with Gasteiger partial charge in [0.1, 0.15) is 16.5 Å². The third kappa shape index (κ3) is 3.35. The topological polar surface area (TPSA) is 90.7 Å². The Morgan fingerprint density at radius 3 is 2.58 bits per heavy atom. The zero-order valence-electron chi connectivity index (χ0n) is 13.3. The number of nitrogens with one attached hydrogen (secondary N) is 1. The van der Waals surface area contributed by atoms with Crippen LogP contribution in [0.25, 0.3) is 0 Å². The molecule has 2 aromatic rings. The van der Waals surface area contributed by atoms with Gasteiger partial charge in [-0.15, -0.1) is 11.3 Å². The number of carbonyl (C=O) groups excluding carboxylic acids is 2. The lowest BCUT2D eigenvalue weighted by atomic mass is 10.1. The molecule has 0 saturated carbocycles. The molecule has 7 heteroatoms. The summed E-state index contributed by atoms with van der Waals surface area (Å²) in [5, 5.41) is 3.27. The molecule has 0 radical (unpaired) electrons. The highest BCUT2D eigenvalue weighted by Gasteiger charge is 2.26. The highest BCUT2D eigenvalue weighted by Crippen LogP contribution is 2.38. The van der Waals surface area contributed by atoms with Crippen LogP contribution < -0.4 is 20.5 Å². The van der Waals surface area contributed by atoms with Crippen molar-refractivity contribution in [1.82, 2.24) is 0 Å². The van der Waals surface area contributed by atoms with E-state index in [9.17, 15) is 9.59 Å². The Morgan fingerprint density at radius 1 is 1.21 bits per heavy atom.